The highest BCUT2D eigenvalue weighted by atomic mass is 16.5. The molecule has 2 heteroatoms. The first-order chi connectivity index (χ1) is 18.9. The summed E-state index contributed by atoms with van der Waals surface area (Å²) < 4.78 is 6.04. The Morgan fingerprint density at radius 2 is 1.41 bits per heavy atom. The minimum absolute atomic E-state index is 0.0726. The van der Waals surface area contributed by atoms with Gasteiger partial charge in [-0.15, -0.1) is 0 Å². The van der Waals surface area contributed by atoms with Gasteiger partial charge in [-0.3, -0.25) is 0 Å². The van der Waals surface area contributed by atoms with E-state index in [1.54, 1.807) is 0 Å². The Morgan fingerprint density at radius 1 is 0.795 bits per heavy atom. The van der Waals surface area contributed by atoms with E-state index in [1.807, 2.05) is 0 Å². The third-order valence-electron chi connectivity index (χ3n) is 9.12. The summed E-state index contributed by atoms with van der Waals surface area (Å²) >= 11 is 0. The Hall–Kier alpha value is -2.27. The molecule has 1 saturated carbocycles. The Balaban J connectivity index is 1.42. The molecule has 0 spiro atoms. The van der Waals surface area contributed by atoms with Crippen LogP contribution in [0.4, 0.5) is 0 Å². The summed E-state index contributed by atoms with van der Waals surface area (Å²) in [5, 5.41) is 9.98. The number of unbranched alkanes of at least 4 members (excludes halogenated alkanes) is 5. The maximum atomic E-state index is 9.98. The van der Waals surface area contributed by atoms with Gasteiger partial charge in [0, 0.05) is 0 Å². The molecule has 1 fully saturated rings. The number of rotatable bonds is 17. The van der Waals surface area contributed by atoms with Crippen LogP contribution in [0.3, 0.4) is 0 Å². The lowest BCUT2D eigenvalue weighted by molar-refractivity contribution is 0.223. The lowest BCUT2D eigenvalue weighted by Crippen LogP contribution is -2.25. The van der Waals surface area contributed by atoms with E-state index >= 15 is 0 Å². The Bertz CT molecular complexity index is 960. The predicted molar refractivity (Wildman–Crippen MR) is 167 cm³/mol. The third kappa shape index (κ3) is 10.7. The highest BCUT2D eigenvalue weighted by Crippen LogP contribution is 2.46. The topological polar surface area (TPSA) is 33.0 Å². The molecule has 0 aromatic heterocycles. The molecular formula is C37H55NO. The van der Waals surface area contributed by atoms with Crippen LogP contribution in [0.5, 0.6) is 5.75 Å². The van der Waals surface area contributed by atoms with Gasteiger partial charge in [0.1, 0.15) is 5.75 Å². The molecule has 0 bridgehead atoms. The molecule has 0 saturated heterocycles. The van der Waals surface area contributed by atoms with Crippen molar-refractivity contribution in [1.82, 2.24) is 0 Å². The molecule has 1 aliphatic carbocycles. The van der Waals surface area contributed by atoms with Crippen molar-refractivity contribution in [3.05, 3.63) is 54.1 Å². The summed E-state index contributed by atoms with van der Waals surface area (Å²) in [6.07, 6.45) is 18.4. The standard InChI is InChI=1S/C37H55NO/c1-5-6-7-8-9-10-25-37(29-38)26-22-35(23-27-37)33-16-14-32(15-17-33)34-18-20-36(21-19-34)39-28-24-31(4)13-11-12-30(2)3/h14-21,30-31,35H,5-13,22-28H2,1-4H3/t31-,35-,37-/m1/s1. The fourth-order valence-corrected chi connectivity index (χ4v) is 6.25. The summed E-state index contributed by atoms with van der Waals surface area (Å²) in [6.45, 7) is 10.0. The average molecular weight is 530 g/mol. The monoisotopic (exact) mass is 529 g/mol. The van der Waals surface area contributed by atoms with Crippen LogP contribution in [0.15, 0.2) is 48.5 Å². The van der Waals surface area contributed by atoms with Gasteiger partial charge in [-0.2, -0.15) is 5.26 Å². The Kier molecular flexibility index (Phi) is 13.4. The first kappa shape index (κ1) is 31.3. The van der Waals surface area contributed by atoms with Crippen molar-refractivity contribution in [2.24, 2.45) is 17.3 Å². The number of nitriles is 1. The quantitative estimate of drug-likeness (QED) is 0.191. The second-order valence-electron chi connectivity index (χ2n) is 12.9. The molecule has 0 aliphatic heterocycles. The van der Waals surface area contributed by atoms with Crippen LogP contribution in [-0.2, 0) is 0 Å². The molecule has 2 aromatic rings. The van der Waals surface area contributed by atoms with Crippen molar-refractivity contribution < 1.29 is 4.74 Å². The van der Waals surface area contributed by atoms with E-state index in [9.17, 15) is 5.26 Å². The van der Waals surface area contributed by atoms with Crippen LogP contribution in [-0.4, -0.2) is 6.61 Å². The zero-order valence-corrected chi connectivity index (χ0v) is 25.5. The molecule has 0 unspecified atom stereocenters. The summed E-state index contributed by atoms with van der Waals surface area (Å²) in [7, 11) is 0. The maximum absolute atomic E-state index is 9.98. The molecule has 0 N–H and O–H groups in total. The zero-order chi connectivity index (χ0) is 27.9. The lowest BCUT2D eigenvalue weighted by atomic mass is 9.67. The van der Waals surface area contributed by atoms with E-state index in [4.69, 9.17) is 4.74 Å². The first-order valence-corrected chi connectivity index (χ1v) is 16.2. The second-order valence-corrected chi connectivity index (χ2v) is 12.9. The minimum atomic E-state index is -0.0726. The van der Waals surface area contributed by atoms with Gasteiger partial charge in [0.15, 0.2) is 0 Å². The van der Waals surface area contributed by atoms with Crippen LogP contribution in [0.25, 0.3) is 11.1 Å². The maximum Gasteiger partial charge on any atom is 0.119 e. The molecule has 0 amide bonds. The fraction of sp³-hybridized carbons (Fsp3) is 0.649. The summed E-state index contributed by atoms with van der Waals surface area (Å²) in [5.41, 5.74) is 3.86. The molecule has 0 radical (unpaired) electrons. The van der Waals surface area contributed by atoms with Gasteiger partial charge in [-0.25, -0.2) is 0 Å². The summed E-state index contributed by atoms with van der Waals surface area (Å²) in [4.78, 5) is 0. The van der Waals surface area contributed by atoms with Gasteiger partial charge in [0.05, 0.1) is 18.1 Å². The van der Waals surface area contributed by atoms with E-state index in [1.165, 1.54) is 74.5 Å². The van der Waals surface area contributed by atoms with Crippen molar-refractivity contribution in [2.45, 2.75) is 130 Å². The lowest BCUT2D eigenvalue weighted by Gasteiger charge is -2.35. The fourth-order valence-electron chi connectivity index (χ4n) is 6.25. The Morgan fingerprint density at radius 3 is 2.03 bits per heavy atom. The van der Waals surface area contributed by atoms with Crippen molar-refractivity contribution in [3.8, 4) is 22.9 Å². The van der Waals surface area contributed by atoms with Gasteiger partial charge in [0.25, 0.3) is 0 Å². The number of nitrogens with zero attached hydrogens (tertiary/aromatic N) is 1. The molecule has 2 nitrogen and oxygen atoms in total. The highest BCUT2D eigenvalue weighted by Gasteiger charge is 2.35. The smallest absolute Gasteiger partial charge is 0.119 e. The normalized spacial score (nSPS) is 20.1. The van der Waals surface area contributed by atoms with Gasteiger partial charge in [0.2, 0.25) is 0 Å². The SMILES string of the molecule is CCCCCCCC[C@]1(C#N)CC[C@H](c2ccc(-c3ccc(OCC[C@H](C)CCCC(C)C)cc3)cc2)CC1. The molecule has 1 atom stereocenters. The van der Waals surface area contributed by atoms with Crippen LogP contribution in [0, 0.1) is 28.6 Å². The summed E-state index contributed by atoms with van der Waals surface area (Å²) in [6, 6.07) is 20.5. The Labute approximate surface area is 240 Å². The zero-order valence-electron chi connectivity index (χ0n) is 25.5. The molecular weight excluding hydrogens is 474 g/mol. The number of ether oxygens (including phenoxy) is 1. The van der Waals surface area contributed by atoms with E-state index in [2.05, 4.69) is 82.3 Å². The first-order valence-electron chi connectivity index (χ1n) is 16.2. The van der Waals surface area contributed by atoms with E-state index in [0.29, 0.717) is 5.92 Å². The van der Waals surface area contributed by atoms with Crippen molar-refractivity contribution in [2.75, 3.05) is 6.61 Å². The molecule has 214 valence electrons. The van der Waals surface area contributed by atoms with Crippen molar-refractivity contribution in [3.63, 3.8) is 0 Å². The van der Waals surface area contributed by atoms with Crippen molar-refractivity contribution >= 4 is 0 Å². The average Bonchev–Trinajstić information content (AvgIpc) is 2.95. The van der Waals surface area contributed by atoms with Gasteiger partial charge in [-0.1, -0.05) is 122 Å². The van der Waals surface area contributed by atoms with Gasteiger partial charge in [-0.05, 0) is 85.1 Å². The van der Waals surface area contributed by atoms with Gasteiger partial charge >= 0.3 is 0 Å². The van der Waals surface area contributed by atoms with Gasteiger partial charge < -0.3 is 4.74 Å². The number of hydrogen-bond donors (Lipinski definition) is 0. The van der Waals surface area contributed by atoms with E-state index < -0.39 is 0 Å². The van der Waals surface area contributed by atoms with Crippen LogP contribution in [0.1, 0.15) is 135 Å². The van der Waals surface area contributed by atoms with E-state index in [0.717, 1.165) is 62.7 Å². The van der Waals surface area contributed by atoms with Crippen molar-refractivity contribution in [1.29, 1.82) is 5.26 Å². The highest BCUT2D eigenvalue weighted by molar-refractivity contribution is 5.64. The summed E-state index contributed by atoms with van der Waals surface area (Å²) in [5.74, 6) is 3.09. The number of benzene rings is 2. The van der Waals surface area contributed by atoms with E-state index in [-0.39, 0.29) is 5.41 Å². The van der Waals surface area contributed by atoms with Crippen LogP contribution >= 0.6 is 0 Å². The molecule has 39 heavy (non-hydrogen) atoms. The molecule has 3 rings (SSSR count). The van der Waals surface area contributed by atoms with Crippen LogP contribution < -0.4 is 4.74 Å². The second kappa shape index (κ2) is 16.7. The molecule has 1 aliphatic rings. The predicted octanol–water partition coefficient (Wildman–Crippen LogP) is 11.5. The minimum Gasteiger partial charge on any atom is -0.494 e. The number of hydrogen-bond acceptors (Lipinski definition) is 2. The van der Waals surface area contributed by atoms with Crippen LogP contribution in [0.2, 0.25) is 0 Å². The third-order valence-corrected chi connectivity index (χ3v) is 9.12. The molecule has 0 heterocycles. The largest absolute Gasteiger partial charge is 0.494 e. The molecule has 2 aromatic carbocycles.